The third kappa shape index (κ3) is 2.97. The highest BCUT2D eigenvalue weighted by molar-refractivity contribution is 5.94. The van der Waals surface area contributed by atoms with Crippen LogP contribution in [-0.2, 0) is 9.47 Å². The smallest absolute Gasteiger partial charge is 0.338 e. The molecule has 0 aliphatic carbocycles. The van der Waals surface area contributed by atoms with Crippen LogP contribution >= 0.6 is 0 Å². The second-order valence-electron chi connectivity index (χ2n) is 4.67. The van der Waals surface area contributed by atoms with E-state index in [4.69, 9.17) is 19.7 Å². The van der Waals surface area contributed by atoms with E-state index < -0.39 is 17.5 Å². The van der Waals surface area contributed by atoms with Gasteiger partial charge in [0.15, 0.2) is 5.60 Å². The summed E-state index contributed by atoms with van der Waals surface area (Å²) in [6.45, 7) is -0.692. The van der Waals surface area contributed by atoms with Gasteiger partial charge >= 0.3 is 11.9 Å². The number of hydrogen-bond donors (Lipinski definition) is 2. The van der Waals surface area contributed by atoms with Crippen LogP contribution in [0.5, 0.6) is 0 Å². The van der Waals surface area contributed by atoms with E-state index in [0.29, 0.717) is 11.1 Å². The maximum Gasteiger partial charge on any atom is 0.338 e. The van der Waals surface area contributed by atoms with Crippen molar-refractivity contribution in [3.8, 4) is 0 Å². The second-order valence-corrected chi connectivity index (χ2v) is 4.67. The largest absolute Gasteiger partial charge is 0.458 e. The minimum atomic E-state index is -1.21. The molecule has 0 amide bonds. The number of esters is 2. The van der Waals surface area contributed by atoms with Crippen LogP contribution in [0, 0.1) is 0 Å². The van der Waals surface area contributed by atoms with Crippen molar-refractivity contribution >= 4 is 11.9 Å². The van der Waals surface area contributed by atoms with Crippen molar-refractivity contribution in [2.45, 2.75) is 18.4 Å². The topological polar surface area (TPSA) is 93.1 Å². The van der Waals surface area contributed by atoms with Crippen LogP contribution < -0.4 is 0 Å². The quantitative estimate of drug-likeness (QED) is 0.781. The van der Waals surface area contributed by atoms with Gasteiger partial charge in [0.25, 0.3) is 0 Å². The monoisotopic (exact) mass is 280 g/mol. The number of aliphatic hydroxyl groups is 2. The highest BCUT2D eigenvalue weighted by Gasteiger charge is 2.36. The Morgan fingerprint density at radius 1 is 0.950 bits per heavy atom. The van der Waals surface area contributed by atoms with Gasteiger partial charge in [0.1, 0.15) is 6.61 Å². The molecule has 6 nitrogen and oxygen atoms in total. The Labute approximate surface area is 115 Å². The van der Waals surface area contributed by atoms with Crippen molar-refractivity contribution in [2.75, 3.05) is 19.8 Å². The van der Waals surface area contributed by atoms with Crippen molar-refractivity contribution in [2.24, 2.45) is 0 Å². The summed E-state index contributed by atoms with van der Waals surface area (Å²) in [6.07, 6.45) is 0.172. The number of benzene rings is 1. The van der Waals surface area contributed by atoms with E-state index in [1.807, 2.05) is 0 Å². The zero-order valence-electron chi connectivity index (χ0n) is 10.9. The number of rotatable bonds is 4. The van der Waals surface area contributed by atoms with Gasteiger partial charge in [-0.15, -0.1) is 0 Å². The summed E-state index contributed by atoms with van der Waals surface area (Å²) in [5.74, 6) is -1.11. The molecule has 2 aliphatic rings. The molecule has 0 fully saturated rings. The summed E-state index contributed by atoms with van der Waals surface area (Å²) >= 11 is 0. The van der Waals surface area contributed by atoms with Gasteiger partial charge < -0.3 is 19.7 Å². The number of aliphatic hydroxyl groups excluding tert-OH is 2. The maximum absolute atomic E-state index is 12.1. The molecule has 0 spiro atoms. The summed E-state index contributed by atoms with van der Waals surface area (Å²) in [5, 5.41) is 18.3. The molecule has 2 heterocycles. The Bertz CT molecular complexity index is 487. The van der Waals surface area contributed by atoms with Crippen LogP contribution in [0.15, 0.2) is 24.3 Å². The van der Waals surface area contributed by atoms with Crippen molar-refractivity contribution in [3.63, 3.8) is 0 Å². The first-order valence-corrected chi connectivity index (χ1v) is 6.32. The molecule has 2 bridgehead atoms. The summed E-state index contributed by atoms with van der Waals surface area (Å²) in [4.78, 5) is 23.9. The van der Waals surface area contributed by atoms with Crippen LogP contribution in [0.3, 0.4) is 0 Å². The summed E-state index contributed by atoms with van der Waals surface area (Å²) in [5.41, 5.74) is -0.558. The minimum absolute atomic E-state index is 0.0859. The van der Waals surface area contributed by atoms with E-state index in [2.05, 4.69) is 0 Å². The van der Waals surface area contributed by atoms with E-state index in [1.54, 1.807) is 0 Å². The van der Waals surface area contributed by atoms with Crippen LogP contribution in [0.4, 0.5) is 0 Å². The van der Waals surface area contributed by atoms with Crippen LogP contribution in [0.1, 0.15) is 33.6 Å². The number of carbonyl (C=O) groups is 2. The van der Waals surface area contributed by atoms with Gasteiger partial charge in [0, 0.05) is 26.1 Å². The number of ether oxygens (including phenoxy) is 2. The molecular weight excluding hydrogens is 264 g/mol. The number of carbonyl (C=O) groups excluding carboxylic acids is 2. The Morgan fingerprint density at radius 3 is 1.95 bits per heavy atom. The molecule has 0 radical (unpaired) electrons. The van der Waals surface area contributed by atoms with Crippen LogP contribution in [-0.4, -0.2) is 47.6 Å². The lowest BCUT2D eigenvalue weighted by Gasteiger charge is -2.32. The molecule has 20 heavy (non-hydrogen) atoms. The zero-order valence-corrected chi connectivity index (χ0v) is 10.9. The first-order valence-electron chi connectivity index (χ1n) is 6.32. The van der Waals surface area contributed by atoms with Gasteiger partial charge in [0.2, 0.25) is 0 Å². The van der Waals surface area contributed by atoms with Crippen molar-refractivity contribution in [1.29, 1.82) is 0 Å². The summed E-state index contributed by atoms with van der Waals surface area (Å²) in [6, 6.07) is 5.94. The van der Waals surface area contributed by atoms with Gasteiger partial charge in [-0.05, 0) is 24.3 Å². The van der Waals surface area contributed by atoms with E-state index in [9.17, 15) is 9.59 Å². The third-order valence-corrected chi connectivity index (χ3v) is 3.27. The molecule has 2 N–H and O–H groups in total. The Balaban J connectivity index is 2.36. The SMILES string of the molecule is O=C1OCC(CCO)(CCO)OC(=O)c2ccc1cc2. The Hall–Kier alpha value is -1.92. The van der Waals surface area contributed by atoms with E-state index in [0.717, 1.165) is 0 Å². The Morgan fingerprint density at radius 2 is 1.45 bits per heavy atom. The van der Waals surface area contributed by atoms with Crippen molar-refractivity contribution in [1.82, 2.24) is 0 Å². The molecular formula is C14H16O6. The predicted molar refractivity (Wildman–Crippen MR) is 68.3 cm³/mol. The van der Waals surface area contributed by atoms with E-state index in [1.165, 1.54) is 24.3 Å². The third-order valence-electron chi connectivity index (χ3n) is 3.27. The molecule has 1 aromatic carbocycles. The minimum Gasteiger partial charge on any atom is -0.458 e. The maximum atomic E-state index is 12.1. The Kier molecular flexibility index (Phi) is 4.36. The van der Waals surface area contributed by atoms with Gasteiger partial charge in [-0.25, -0.2) is 9.59 Å². The lowest BCUT2D eigenvalue weighted by Crippen LogP contribution is -2.43. The lowest BCUT2D eigenvalue weighted by atomic mass is 9.96. The molecule has 0 saturated heterocycles. The number of hydrogen-bond acceptors (Lipinski definition) is 6. The fourth-order valence-electron chi connectivity index (χ4n) is 2.09. The molecule has 0 saturated carbocycles. The summed E-state index contributed by atoms with van der Waals surface area (Å²) < 4.78 is 10.5. The van der Waals surface area contributed by atoms with E-state index >= 15 is 0 Å². The van der Waals surface area contributed by atoms with Gasteiger partial charge in [-0.3, -0.25) is 0 Å². The molecule has 0 aromatic heterocycles. The standard InChI is InChI=1S/C14H16O6/c15-7-5-14(6-8-16)9-19-12(17)10-1-3-11(4-2-10)13(18)20-14/h1-4,15-16H,5-9H2. The van der Waals surface area contributed by atoms with Crippen molar-refractivity contribution < 1.29 is 29.3 Å². The second kappa shape index (κ2) is 6.02. The zero-order chi connectivity index (χ0) is 14.6. The van der Waals surface area contributed by atoms with E-state index in [-0.39, 0.29) is 32.7 Å². The highest BCUT2D eigenvalue weighted by Crippen LogP contribution is 2.25. The highest BCUT2D eigenvalue weighted by atomic mass is 16.6. The average molecular weight is 280 g/mol. The molecule has 1 aromatic rings. The fraction of sp³-hybridized carbons (Fsp3) is 0.429. The lowest BCUT2D eigenvalue weighted by molar-refractivity contribution is -0.0754. The molecule has 108 valence electrons. The van der Waals surface area contributed by atoms with Crippen LogP contribution in [0.25, 0.3) is 0 Å². The van der Waals surface area contributed by atoms with Crippen molar-refractivity contribution in [3.05, 3.63) is 35.4 Å². The van der Waals surface area contributed by atoms with Gasteiger partial charge in [-0.1, -0.05) is 0 Å². The van der Waals surface area contributed by atoms with Gasteiger partial charge in [-0.2, -0.15) is 0 Å². The molecule has 3 rings (SSSR count). The number of fused-ring (bicyclic) bond motifs is 7. The molecule has 0 atom stereocenters. The van der Waals surface area contributed by atoms with Gasteiger partial charge in [0.05, 0.1) is 11.1 Å². The van der Waals surface area contributed by atoms with Crippen LogP contribution in [0.2, 0.25) is 0 Å². The molecule has 2 aliphatic heterocycles. The first-order chi connectivity index (χ1) is 9.60. The molecule has 0 unspecified atom stereocenters. The first kappa shape index (κ1) is 14.5. The predicted octanol–water partition coefficient (Wildman–Crippen LogP) is 0.517. The normalized spacial score (nSPS) is 17.5. The average Bonchev–Trinajstić information content (AvgIpc) is 2.45. The summed E-state index contributed by atoms with van der Waals surface area (Å²) in [7, 11) is 0. The fourth-order valence-corrected chi connectivity index (χ4v) is 2.09. The molecule has 6 heteroatoms.